The van der Waals surface area contributed by atoms with Gasteiger partial charge in [-0.1, -0.05) is 32.3 Å². The van der Waals surface area contributed by atoms with E-state index in [-0.39, 0.29) is 12.4 Å². The zero-order valence-electron chi connectivity index (χ0n) is 13.8. The molecule has 0 aliphatic heterocycles. The van der Waals surface area contributed by atoms with Crippen molar-refractivity contribution in [2.75, 3.05) is 13.2 Å². The maximum atomic E-state index is 11.5. The zero-order valence-corrected chi connectivity index (χ0v) is 13.8. The number of carboxylic acids is 1. The van der Waals surface area contributed by atoms with Crippen LogP contribution < -0.4 is 0 Å². The molecule has 6 heteroatoms. The smallest absolute Gasteiger partial charge is 0.330 e. The Morgan fingerprint density at radius 1 is 0.783 bits per heavy atom. The standard InChI is InChI=1S/C17H28O6/c1-2-16(20)22-13-9-6-4-8-12-17(21)23-14-10-5-3-7-11-15(18)19/h2H,1,3-14H2,(H,18,19). The van der Waals surface area contributed by atoms with Crippen LogP contribution in [0.4, 0.5) is 0 Å². The molecule has 0 radical (unpaired) electrons. The van der Waals surface area contributed by atoms with Crippen molar-refractivity contribution in [1.82, 2.24) is 0 Å². The summed E-state index contributed by atoms with van der Waals surface area (Å²) in [7, 11) is 0. The van der Waals surface area contributed by atoms with Crippen molar-refractivity contribution in [2.24, 2.45) is 0 Å². The second-order valence-electron chi connectivity index (χ2n) is 5.31. The Kier molecular flexibility index (Phi) is 13.8. The third-order valence-electron chi connectivity index (χ3n) is 3.23. The molecule has 0 aliphatic carbocycles. The molecule has 0 saturated heterocycles. The summed E-state index contributed by atoms with van der Waals surface area (Å²) in [4.78, 5) is 32.5. The highest BCUT2D eigenvalue weighted by molar-refractivity contribution is 5.81. The summed E-state index contributed by atoms with van der Waals surface area (Å²) >= 11 is 0. The number of esters is 2. The van der Waals surface area contributed by atoms with Crippen LogP contribution in [0.15, 0.2) is 12.7 Å². The largest absolute Gasteiger partial charge is 0.481 e. The van der Waals surface area contributed by atoms with Crippen molar-refractivity contribution in [3.8, 4) is 0 Å². The van der Waals surface area contributed by atoms with Crippen molar-refractivity contribution in [3.05, 3.63) is 12.7 Å². The van der Waals surface area contributed by atoms with Crippen LogP contribution in [0.5, 0.6) is 0 Å². The molecule has 23 heavy (non-hydrogen) atoms. The molecule has 0 heterocycles. The maximum Gasteiger partial charge on any atom is 0.330 e. The molecule has 132 valence electrons. The third-order valence-corrected chi connectivity index (χ3v) is 3.23. The van der Waals surface area contributed by atoms with Crippen LogP contribution in [-0.2, 0) is 23.9 Å². The Labute approximate surface area is 137 Å². The van der Waals surface area contributed by atoms with E-state index in [9.17, 15) is 14.4 Å². The highest BCUT2D eigenvalue weighted by atomic mass is 16.5. The molecule has 0 atom stereocenters. The topological polar surface area (TPSA) is 89.9 Å². The lowest BCUT2D eigenvalue weighted by Gasteiger charge is -2.05. The number of carbonyl (C=O) groups is 3. The Bertz CT molecular complexity index is 364. The Balaban J connectivity index is 3.26. The van der Waals surface area contributed by atoms with Crippen LogP contribution in [0, 0.1) is 0 Å². The molecule has 6 nitrogen and oxygen atoms in total. The van der Waals surface area contributed by atoms with Gasteiger partial charge in [-0.15, -0.1) is 0 Å². The summed E-state index contributed by atoms with van der Waals surface area (Å²) in [6.45, 7) is 4.10. The fourth-order valence-electron chi connectivity index (χ4n) is 1.95. The summed E-state index contributed by atoms with van der Waals surface area (Å²) in [5, 5.41) is 8.48. The predicted octanol–water partition coefficient (Wildman–Crippen LogP) is 3.24. The lowest BCUT2D eigenvalue weighted by Crippen LogP contribution is -2.06. The van der Waals surface area contributed by atoms with Gasteiger partial charge in [-0.05, 0) is 25.7 Å². The van der Waals surface area contributed by atoms with E-state index in [1.807, 2.05) is 0 Å². The van der Waals surface area contributed by atoms with Gasteiger partial charge in [0.25, 0.3) is 0 Å². The summed E-state index contributed by atoms with van der Waals surface area (Å²) in [5.41, 5.74) is 0. The van der Waals surface area contributed by atoms with Gasteiger partial charge in [0, 0.05) is 18.9 Å². The monoisotopic (exact) mass is 328 g/mol. The molecule has 0 aromatic carbocycles. The van der Waals surface area contributed by atoms with Crippen molar-refractivity contribution in [1.29, 1.82) is 0 Å². The van der Waals surface area contributed by atoms with Gasteiger partial charge in [-0.3, -0.25) is 9.59 Å². The summed E-state index contributed by atoms with van der Waals surface area (Å²) in [6.07, 6.45) is 8.28. The van der Waals surface area contributed by atoms with Crippen LogP contribution in [0.1, 0.15) is 64.2 Å². The zero-order chi connectivity index (χ0) is 17.3. The molecule has 0 spiro atoms. The summed E-state index contributed by atoms with van der Waals surface area (Å²) < 4.78 is 9.95. The van der Waals surface area contributed by atoms with Gasteiger partial charge in [-0.25, -0.2) is 4.79 Å². The first-order valence-corrected chi connectivity index (χ1v) is 8.23. The van der Waals surface area contributed by atoms with Crippen molar-refractivity contribution in [2.45, 2.75) is 64.2 Å². The summed E-state index contributed by atoms with van der Waals surface area (Å²) in [6, 6.07) is 0. The molecular weight excluding hydrogens is 300 g/mol. The molecule has 0 aromatic heterocycles. The van der Waals surface area contributed by atoms with Gasteiger partial charge in [0.2, 0.25) is 0 Å². The van der Waals surface area contributed by atoms with Gasteiger partial charge < -0.3 is 14.6 Å². The lowest BCUT2D eigenvalue weighted by molar-refractivity contribution is -0.144. The van der Waals surface area contributed by atoms with Gasteiger partial charge in [0.1, 0.15) is 0 Å². The van der Waals surface area contributed by atoms with E-state index in [4.69, 9.17) is 14.6 Å². The average Bonchev–Trinajstić information content (AvgIpc) is 2.52. The first kappa shape index (κ1) is 21.1. The molecule has 0 aliphatic rings. The van der Waals surface area contributed by atoms with E-state index in [2.05, 4.69) is 6.58 Å². The van der Waals surface area contributed by atoms with Crippen LogP contribution in [0.25, 0.3) is 0 Å². The van der Waals surface area contributed by atoms with E-state index in [1.165, 1.54) is 0 Å². The van der Waals surface area contributed by atoms with E-state index in [0.717, 1.165) is 51.0 Å². The average molecular weight is 328 g/mol. The number of unbranched alkanes of at least 4 members (excludes halogenated alkanes) is 6. The van der Waals surface area contributed by atoms with Gasteiger partial charge in [-0.2, -0.15) is 0 Å². The molecule has 0 rings (SSSR count). The fraction of sp³-hybridized carbons (Fsp3) is 0.706. The molecule has 0 bridgehead atoms. The maximum absolute atomic E-state index is 11.5. The Hall–Kier alpha value is -1.85. The molecule has 0 fully saturated rings. The summed E-state index contributed by atoms with van der Waals surface area (Å²) in [5.74, 6) is -1.36. The van der Waals surface area contributed by atoms with Crippen molar-refractivity contribution >= 4 is 17.9 Å². The minimum Gasteiger partial charge on any atom is -0.481 e. The lowest BCUT2D eigenvalue weighted by atomic mass is 10.1. The van der Waals surface area contributed by atoms with Crippen LogP contribution >= 0.6 is 0 Å². The van der Waals surface area contributed by atoms with E-state index >= 15 is 0 Å². The first-order chi connectivity index (χ1) is 11.1. The number of hydrogen-bond acceptors (Lipinski definition) is 5. The number of hydrogen-bond donors (Lipinski definition) is 1. The SMILES string of the molecule is C=CC(=O)OCCCCCCC(=O)OCCCCCCC(=O)O. The molecule has 1 N–H and O–H groups in total. The van der Waals surface area contributed by atoms with Crippen LogP contribution in [-0.4, -0.2) is 36.2 Å². The molecular formula is C17H28O6. The number of carboxylic acid groups (broad SMARTS) is 1. The molecule has 0 saturated carbocycles. The van der Waals surface area contributed by atoms with Crippen molar-refractivity contribution in [3.63, 3.8) is 0 Å². The van der Waals surface area contributed by atoms with Gasteiger partial charge in [0.15, 0.2) is 0 Å². The minimum atomic E-state index is -0.768. The van der Waals surface area contributed by atoms with Gasteiger partial charge >= 0.3 is 17.9 Å². The molecule has 0 amide bonds. The normalized spacial score (nSPS) is 10.1. The molecule has 0 unspecified atom stereocenters. The Morgan fingerprint density at radius 3 is 1.87 bits per heavy atom. The number of carbonyl (C=O) groups excluding carboxylic acids is 2. The van der Waals surface area contributed by atoms with E-state index in [0.29, 0.717) is 26.1 Å². The third kappa shape index (κ3) is 16.3. The number of ether oxygens (including phenoxy) is 2. The minimum absolute atomic E-state index is 0.186. The molecule has 0 aromatic rings. The first-order valence-electron chi connectivity index (χ1n) is 8.23. The number of rotatable bonds is 15. The second-order valence-corrected chi connectivity index (χ2v) is 5.31. The fourth-order valence-corrected chi connectivity index (χ4v) is 1.95. The van der Waals surface area contributed by atoms with Crippen LogP contribution in [0.2, 0.25) is 0 Å². The number of aliphatic carboxylic acids is 1. The highest BCUT2D eigenvalue weighted by Crippen LogP contribution is 2.06. The quantitative estimate of drug-likeness (QED) is 0.282. The highest BCUT2D eigenvalue weighted by Gasteiger charge is 2.03. The van der Waals surface area contributed by atoms with E-state index in [1.54, 1.807) is 0 Å². The Morgan fingerprint density at radius 2 is 1.30 bits per heavy atom. The second kappa shape index (κ2) is 15.1. The predicted molar refractivity (Wildman–Crippen MR) is 85.9 cm³/mol. The van der Waals surface area contributed by atoms with Gasteiger partial charge in [0.05, 0.1) is 13.2 Å². The van der Waals surface area contributed by atoms with Crippen LogP contribution in [0.3, 0.4) is 0 Å². The van der Waals surface area contributed by atoms with E-state index < -0.39 is 11.9 Å². The van der Waals surface area contributed by atoms with Crippen molar-refractivity contribution < 1.29 is 29.0 Å².